The van der Waals surface area contributed by atoms with Gasteiger partial charge in [-0.2, -0.15) is 0 Å². The summed E-state index contributed by atoms with van der Waals surface area (Å²) in [4.78, 5) is 0. The minimum Gasteiger partial charge on any atom is -0.304 e. The molecule has 0 radical (unpaired) electrons. The number of hydrogen-bond acceptors (Lipinski definition) is 2. The van der Waals surface area contributed by atoms with Gasteiger partial charge in [-0.3, -0.25) is 0 Å². The molecule has 108 valence electrons. The lowest BCUT2D eigenvalue weighted by molar-refractivity contribution is 0.402. The predicted molar refractivity (Wildman–Crippen MR) is 95.8 cm³/mol. The van der Waals surface area contributed by atoms with Gasteiger partial charge in [-0.1, -0.05) is 46.3 Å². The molecule has 1 heterocycles. The van der Waals surface area contributed by atoms with Gasteiger partial charge in [-0.15, -0.1) is 11.3 Å². The van der Waals surface area contributed by atoms with Crippen LogP contribution in [0.1, 0.15) is 25.0 Å². The zero-order valence-corrected chi connectivity index (χ0v) is 14.6. The summed E-state index contributed by atoms with van der Waals surface area (Å²) < 4.78 is 2.47. The van der Waals surface area contributed by atoms with Crippen molar-refractivity contribution in [2.45, 2.75) is 25.9 Å². The van der Waals surface area contributed by atoms with E-state index in [4.69, 9.17) is 0 Å². The van der Waals surface area contributed by atoms with Crippen molar-refractivity contribution >= 4 is 37.4 Å². The highest BCUT2D eigenvalue weighted by molar-refractivity contribution is 9.10. The van der Waals surface area contributed by atoms with Gasteiger partial charge in [0.2, 0.25) is 0 Å². The normalized spacial score (nSPS) is 12.0. The summed E-state index contributed by atoms with van der Waals surface area (Å²) in [7, 11) is 0. The molecule has 0 aliphatic rings. The minimum atomic E-state index is -0.0518. The SMILES string of the molecule is CC(C)(NCc1csc2ccccc12)c1ccc(Br)cc1. The Bertz CT molecular complexity index is 743. The summed E-state index contributed by atoms with van der Waals surface area (Å²) in [5, 5.41) is 7.30. The summed E-state index contributed by atoms with van der Waals surface area (Å²) in [6.45, 7) is 5.34. The van der Waals surface area contributed by atoms with E-state index in [0.717, 1.165) is 11.0 Å². The molecule has 0 spiro atoms. The Morgan fingerprint density at radius 3 is 2.52 bits per heavy atom. The van der Waals surface area contributed by atoms with Crippen LogP contribution in [-0.2, 0) is 12.1 Å². The Hall–Kier alpha value is -1.16. The molecule has 1 aromatic heterocycles. The van der Waals surface area contributed by atoms with Gasteiger partial charge >= 0.3 is 0 Å². The third-order valence-electron chi connectivity index (χ3n) is 3.85. The lowest BCUT2D eigenvalue weighted by Gasteiger charge is -2.27. The quantitative estimate of drug-likeness (QED) is 0.630. The summed E-state index contributed by atoms with van der Waals surface area (Å²) in [6, 6.07) is 17.1. The second-order valence-corrected chi connectivity index (χ2v) is 7.57. The largest absolute Gasteiger partial charge is 0.304 e. The van der Waals surface area contributed by atoms with Crippen molar-refractivity contribution in [3.63, 3.8) is 0 Å². The van der Waals surface area contributed by atoms with E-state index in [1.807, 2.05) is 11.3 Å². The molecule has 0 amide bonds. The van der Waals surface area contributed by atoms with Crippen molar-refractivity contribution in [1.29, 1.82) is 0 Å². The fourth-order valence-corrected chi connectivity index (χ4v) is 3.68. The fourth-order valence-electron chi connectivity index (χ4n) is 2.45. The van der Waals surface area contributed by atoms with E-state index in [1.165, 1.54) is 21.2 Å². The van der Waals surface area contributed by atoms with Gasteiger partial charge in [0.15, 0.2) is 0 Å². The first-order chi connectivity index (χ1) is 10.1. The highest BCUT2D eigenvalue weighted by Crippen LogP contribution is 2.27. The average Bonchev–Trinajstić information content (AvgIpc) is 2.89. The Kier molecular flexibility index (Phi) is 4.16. The van der Waals surface area contributed by atoms with Crippen LogP contribution in [-0.4, -0.2) is 0 Å². The van der Waals surface area contributed by atoms with Crippen LogP contribution in [0.25, 0.3) is 10.1 Å². The molecule has 0 saturated carbocycles. The Balaban J connectivity index is 1.78. The number of thiophene rings is 1. The molecule has 0 unspecified atom stereocenters. The maximum absolute atomic E-state index is 3.68. The average molecular weight is 360 g/mol. The van der Waals surface area contributed by atoms with E-state index in [1.54, 1.807) is 0 Å². The molecule has 1 N–H and O–H groups in total. The second kappa shape index (κ2) is 5.91. The van der Waals surface area contributed by atoms with Crippen molar-refractivity contribution in [3.05, 3.63) is 69.5 Å². The van der Waals surface area contributed by atoms with Crippen LogP contribution >= 0.6 is 27.3 Å². The monoisotopic (exact) mass is 359 g/mol. The molecular weight excluding hydrogens is 342 g/mol. The molecule has 0 fully saturated rings. The van der Waals surface area contributed by atoms with Gasteiger partial charge < -0.3 is 5.32 Å². The third kappa shape index (κ3) is 3.20. The first-order valence-electron chi connectivity index (χ1n) is 7.02. The van der Waals surface area contributed by atoms with Crippen LogP contribution in [0.15, 0.2) is 58.4 Å². The van der Waals surface area contributed by atoms with E-state index >= 15 is 0 Å². The summed E-state index contributed by atoms with van der Waals surface area (Å²) in [6.07, 6.45) is 0. The molecule has 3 heteroatoms. The second-order valence-electron chi connectivity index (χ2n) is 5.74. The Morgan fingerprint density at radius 1 is 1.05 bits per heavy atom. The molecule has 3 aromatic rings. The summed E-state index contributed by atoms with van der Waals surface area (Å²) in [5.74, 6) is 0. The van der Waals surface area contributed by atoms with Gasteiger partial charge in [0.25, 0.3) is 0 Å². The van der Waals surface area contributed by atoms with E-state index in [-0.39, 0.29) is 5.54 Å². The van der Waals surface area contributed by atoms with Gasteiger partial charge in [-0.25, -0.2) is 0 Å². The maximum atomic E-state index is 3.68. The van der Waals surface area contributed by atoms with Crippen LogP contribution in [0, 0.1) is 0 Å². The number of fused-ring (bicyclic) bond motifs is 1. The van der Waals surface area contributed by atoms with Crippen molar-refractivity contribution in [1.82, 2.24) is 5.32 Å². The first-order valence-corrected chi connectivity index (χ1v) is 8.70. The zero-order chi connectivity index (χ0) is 14.9. The minimum absolute atomic E-state index is 0.0518. The van der Waals surface area contributed by atoms with Gasteiger partial charge in [-0.05, 0) is 53.9 Å². The van der Waals surface area contributed by atoms with Crippen LogP contribution in [0.2, 0.25) is 0 Å². The number of halogens is 1. The van der Waals surface area contributed by atoms with Crippen molar-refractivity contribution in [2.75, 3.05) is 0 Å². The lowest BCUT2D eigenvalue weighted by atomic mass is 9.94. The highest BCUT2D eigenvalue weighted by Gasteiger charge is 2.20. The first kappa shape index (κ1) is 14.8. The summed E-state index contributed by atoms with van der Waals surface area (Å²) >= 11 is 5.31. The standard InChI is InChI=1S/C18H18BrNS/c1-18(2,14-7-9-15(19)10-8-14)20-11-13-12-21-17-6-4-3-5-16(13)17/h3-10,12,20H,11H2,1-2H3. The summed E-state index contributed by atoms with van der Waals surface area (Å²) in [5.41, 5.74) is 2.62. The zero-order valence-electron chi connectivity index (χ0n) is 12.2. The van der Waals surface area contributed by atoms with Crippen molar-refractivity contribution in [3.8, 4) is 0 Å². The Morgan fingerprint density at radius 2 is 1.76 bits per heavy atom. The molecule has 21 heavy (non-hydrogen) atoms. The molecule has 3 rings (SSSR count). The van der Waals surface area contributed by atoms with Crippen LogP contribution in [0.5, 0.6) is 0 Å². The van der Waals surface area contributed by atoms with E-state index in [9.17, 15) is 0 Å². The van der Waals surface area contributed by atoms with Crippen molar-refractivity contribution < 1.29 is 0 Å². The molecule has 1 nitrogen and oxygen atoms in total. The number of hydrogen-bond donors (Lipinski definition) is 1. The number of rotatable bonds is 4. The third-order valence-corrected chi connectivity index (χ3v) is 5.39. The van der Waals surface area contributed by atoms with Crippen LogP contribution in [0.4, 0.5) is 0 Å². The van der Waals surface area contributed by atoms with E-state index in [2.05, 4.69) is 89.0 Å². The molecule has 0 atom stereocenters. The maximum Gasteiger partial charge on any atom is 0.0380 e. The number of nitrogens with one attached hydrogen (secondary N) is 1. The molecule has 0 aliphatic heterocycles. The van der Waals surface area contributed by atoms with E-state index < -0.39 is 0 Å². The Labute approximate surface area is 138 Å². The smallest absolute Gasteiger partial charge is 0.0380 e. The molecule has 0 aliphatic carbocycles. The molecule has 0 bridgehead atoms. The topological polar surface area (TPSA) is 12.0 Å². The van der Waals surface area contributed by atoms with Gasteiger partial charge in [0, 0.05) is 21.3 Å². The lowest BCUT2D eigenvalue weighted by Crippen LogP contribution is -2.35. The van der Waals surface area contributed by atoms with Crippen LogP contribution < -0.4 is 5.32 Å². The van der Waals surface area contributed by atoms with Crippen LogP contribution in [0.3, 0.4) is 0 Å². The molecule has 0 saturated heterocycles. The van der Waals surface area contributed by atoms with E-state index in [0.29, 0.717) is 0 Å². The fraction of sp³-hybridized carbons (Fsp3) is 0.222. The molecular formula is C18H18BrNS. The van der Waals surface area contributed by atoms with Gasteiger partial charge in [0.1, 0.15) is 0 Å². The molecule has 2 aromatic carbocycles. The predicted octanol–water partition coefficient (Wildman–Crippen LogP) is 5.69. The highest BCUT2D eigenvalue weighted by atomic mass is 79.9. The number of benzene rings is 2. The van der Waals surface area contributed by atoms with Crippen molar-refractivity contribution in [2.24, 2.45) is 0 Å². The van der Waals surface area contributed by atoms with Gasteiger partial charge in [0.05, 0.1) is 0 Å².